The fourth-order valence-corrected chi connectivity index (χ4v) is 9.50. The Morgan fingerprint density at radius 1 is 0.273 bits per heavy atom. The summed E-state index contributed by atoms with van der Waals surface area (Å²) in [5, 5.41) is 32.1. The minimum Gasteiger partial charge on any atom is -0.508 e. The number of aromatic hydroxyl groups is 2. The van der Waals surface area contributed by atoms with Gasteiger partial charge in [0.1, 0.15) is 11.5 Å². The summed E-state index contributed by atoms with van der Waals surface area (Å²) in [6.45, 7) is 0. The molecule has 1 aliphatic rings. The molecule has 0 atom stereocenters. The number of phenolic OH excluding ortho intramolecular Hbond substituents is 2. The number of hydrogen-bond acceptors (Lipinski definition) is 2. The molecule has 11 rings (SSSR count). The maximum absolute atomic E-state index is 11.8. The van der Waals surface area contributed by atoms with Gasteiger partial charge in [-0.2, -0.15) is 0 Å². The Labute approximate surface area is 318 Å². The molecular formula is C53H34O2. The SMILES string of the molecule is Oc1cc(C2(c3cc(O)cc4c3ccc3ccccc34)c3ccc(-c4ccccc4)cc3-c3cc(-c4ccccc4)ccc32)c2ccc3ccccc3c2c1. The predicted molar refractivity (Wildman–Crippen MR) is 228 cm³/mol. The van der Waals surface area contributed by atoms with E-state index in [1.807, 2.05) is 24.3 Å². The molecule has 0 heterocycles. The molecule has 0 aliphatic heterocycles. The fourth-order valence-electron chi connectivity index (χ4n) is 9.50. The molecule has 2 N–H and O–H groups in total. The van der Waals surface area contributed by atoms with Crippen molar-refractivity contribution in [2.24, 2.45) is 0 Å². The lowest BCUT2D eigenvalue weighted by atomic mass is 9.65. The van der Waals surface area contributed by atoms with Crippen molar-refractivity contribution in [3.05, 3.63) is 216 Å². The van der Waals surface area contributed by atoms with Gasteiger partial charge in [0.15, 0.2) is 0 Å². The van der Waals surface area contributed by atoms with Crippen LogP contribution in [0.15, 0.2) is 194 Å². The maximum Gasteiger partial charge on any atom is 0.116 e. The average Bonchev–Trinajstić information content (AvgIpc) is 3.53. The Bertz CT molecular complexity index is 2950. The lowest BCUT2D eigenvalue weighted by Gasteiger charge is -2.36. The lowest BCUT2D eigenvalue weighted by Crippen LogP contribution is -2.29. The summed E-state index contributed by atoms with van der Waals surface area (Å²) in [7, 11) is 0. The molecule has 55 heavy (non-hydrogen) atoms. The third kappa shape index (κ3) is 4.62. The lowest BCUT2D eigenvalue weighted by molar-refractivity contribution is 0.473. The first-order valence-electron chi connectivity index (χ1n) is 18.8. The first kappa shape index (κ1) is 31.4. The summed E-state index contributed by atoms with van der Waals surface area (Å²) in [5.41, 5.74) is 10.0. The van der Waals surface area contributed by atoms with Gasteiger partial charge in [-0.3, -0.25) is 0 Å². The number of hydrogen-bond donors (Lipinski definition) is 2. The Morgan fingerprint density at radius 2 is 0.691 bits per heavy atom. The highest BCUT2D eigenvalue weighted by molar-refractivity contribution is 6.13. The Kier molecular flexibility index (Phi) is 6.80. The molecule has 0 amide bonds. The van der Waals surface area contributed by atoms with Crippen molar-refractivity contribution in [3.63, 3.8) is 0 Å². The first-order chi connectivity index (χ1) is 27.1. The molecule has 0 bridgehead atoms. The standard InChI is InChI=1S/C53H34O2/c54-39-29-45-41-17-9-7-15-35(41)19-23-43(45)51(31-39)53(52-32-40(55)30-46-42-18-10-8-16-36(42)20-24-44(46)52)49-25-21-37(33-11-3-1-4-12-33)27-47(49)48-28-38(22-26-50(48)53)34-13-5-2-6-14-34/h1-32,54-55H. The van der Waals surface area contributed by atoms with Crippen molar-refractivity contribution in [1.29, 1.82) is 0 Å². The van der Waals surface area contributed by atoms with Gasteiger partial charge in [0.05, 0.1) is 5.41 Å². The molecule has 0 spiro atoms. The van der Waals surface area contributed by atoms with Crippen LogP contribution in [0, 0.1) is 0 Å². The smallest absolute Gasteiger partial charge is 0.116 e. The van der Waals surface area contributed by atoms with Gasteiger partial charge in [0.2, 0.25) is 0 Å². The number of benzene rings is 10. The third-order valence-electron chi connectivity index (χ3n) is 11.9. The zero-order chi connectivity index (χ0) is 36.7. The molecule has 0 aromatic heterocycles. The first-order valence-corrected chi connectivity index (χ1v) is 18.8. The fraction of sp³-hybridized carbons (Fsp3) is 0.0189. The molecule has 2 nitrogen and oxygen atoms in total. The Hall–Kier alpha value is -7.16. The summed E-state index contributed by atoms with van der Waals surface area (Å²) in [6, 6.07) is 68.1. The Balaban J connectivity index is 1.35. The van der Waals surface area contributed by atoms with Crippen LogP contribution in [0.2, 0.25) is 0 Å². The Morgan fingerprint density at radius 3 is 1.15 bits per heavy atom. The highest BCUT2D eigenvalue weighted by Crippen LogP contribution is 2.60. The van der Waals surface area contributed by atoms with Crippen molar-refractivity contribution in [1.82, 2.24) is 0 Å². The van der Waals surface area contributed by atoms with E-state index < -0.39 is 5.41 Å². The van der Waals surface area contributed by atoms with Crippen LogP contribution in [0.4, 0.5) is 0 Å². The van der Waals surface area contributed by atoms with Crippen molar-refractivity contribution < 1.29 is 10.2 Å². The maximum atomic E-state index is 11.8. The number of rotatable bonds is 4. The van der Waals surface area contributed by atoms with Crippen LogP contribution in [0.3, 0.4) is 0 Å². The molecule has 0 radical (unpaired) electrons. The van der Waals surface area contributed by atoms with Crippen molar-refractivity contribution in [2.45, 2.75) is 5.41 Å². The van der Waals surface area contributed by atoms with Gasteiger partial charge < -0.3 is 10.2 Å². The molecule has 0 unspecified atom stereocenters. The summed E-state index contributed by atoms with van der Waals surface area (Å²) in [6.07, 6.45) is 0. The molecule has 0 fully saturated rings. The molecule has 258 valence electrons. The quantitative estimate of drug-likeness (QED) is 0.179. The minimum atomic E-state index is -0.937. The molecule has 10 aromatic rings. The van der Waals surface area contributed by atoms with Crippen LogP contribution in [-0.4, -0.2) is 10.2 Å². The van der Waals surface area contributed by atoms with E-state index in [0.29, 0.717) is 0 Å². The third-order valence-corrected chi connectivity index (χ3v) is 11.9. The summed E-state index contributed by atoms with van der Waals surface area (Å²) in [4.78, 5) is 0. The van der Waals surface area contributed by atoms with E-state index in [4.69, 9.17) is 0 Å². The second kappa shape index (κ2) is 11.9. The van der Waals surface area contributed by atoms with Gasteiger partial charge in [-0.05, 0) is 135 Å². The molecule has 2 heteroatoms. The van der Waals surface area contributed by atoms with Crippen LogP contribution in [-0.2, 0) is 5.41 Å². The molecule has 10 aromatic carbocycles. The summed E-state index contributed by atoms with van der Waals surface area (Å²) >= 11 is 0. The molecule has 0 saturated heterocycles. The molecular weight excluding hydrogens is 669 g/mol. The predicted octanol–water partition coefficient (Wildman–Crippen LogP) is 13.4. The van der Waals surface area contributed by atoms with E-state index in [0.717, 1.165) is 98.7 Å². The van der Waals surface area contributed by atoms with Gasteiger partial charge >= 0.3 is 0 Å². The largest absolute Gasteiger partial charge is 0.508 e. The highest BCUT2D eigenvalue weighted by Gasteiger charge is 2.48. The minimum absolute atomic E-state index is 0.199. The monoisotopic (exact) mass is 702 g/mol. The van der Waals surface area contributed by atoms with Crippen LogP contribution in [0.1, 0.15) is 22.3 Å². The number of fused-ring (bicyclic) bond motifs is 9. The van der Waals surface area contributed by atoms with Gasteiger partial charge in [0, 0.05) is 0 Å². The van der Waals surface area contributed by atoms with E-state index in [2.05, 4.69) is 170 Å². The summed E-state index contributed by atoms with van der Waals surface area (Å²) < 4.78 is 0. The highest BCUT2D eigenvalue weighted by atomic mass is 16.3. The van der Waals surface area contributed by atoms with Crippen molar-refractivity contribution in [3.8, 4) is 44.9 Å². The average molecular weight is 703 g/mol. The van der Waals surface area contributed by atoms with Gasteiger partial charge in [0.25, 0.3) is 0 Å². The number of phenols is 2. The van der Waals surface area contributed by atoms with Crippen molar-refractivity contribution >= 4 is 43.1 Å². The van der Waals surface area contributed by atoms with Crippen LogP contribution >= 0.6 is 0 Å². The summed E-state index contributed by atoms with van der Waals surface area (Å²) in [5.74, 6) is 0.398. The second-order valence-electron chi connectivity index (χ2n) is 14.8. The second-order valence-corrected chi connectivity index (χ2v) is 14.8. The van der Waals surface area contributed by atoms with Crippen LogP contribution < -0.4 is 0 Å². The normalized spacial score (nSPS) is 13.0. The van der Waals surface area contributed by atoms with Crippen LogP contribution in [0.25, 0.3) is 76.5 Å². The zero-order valence-corrected chi connectivity index (χ0v) is 29.9. The molecule has 1 aliphatic carbocycles. The van der Waals surface area contributed by atoms with E-state index in [9.17, 15) is 10.2 Å². The van der Waals surface area contributed by atoms with E-state index >= 15 is 0 Å². The molecule has 0 saturated carbocycles. The topological polar surface area (TPSA) is 40.5 Å². The van der Waals surface area contributed by atoms with E-state index in [1.165, 1.54) is 0 Å². The zero-order valence-electron chi connectivity index (χ0n) is 29.9. The van der Waals surface area contributed by atoms with Gasteiger partial charge in [-0.25, -0.2) is 0 Å². The van der Waals surface area contributed by atoms with E-state index in [-0.39, 0.29) is 11.5 Å². The van der Waals surface area contributed by atoms with Gasteiger partial charge in [-0.1, -0.05) is 158 Å². The van der Waals surface area contributed by atoms with Gasteiger partial charge in [-0.15, -0.1) is 0 Å². The van der Waals surface area contributed by atoms with Crippen molar-refractivity contribution in [2.75, 3.05) is 0 Å². The van der Waals surface area contributed by atoms with Crippen LogP contribution in [0.5, 0.6) is 11.5 Å². The van der Waals surface area contributed by atoms with E-state index in [1.54, 1.807) is 0 Å².